The smallest absolute Gasteiger partial charge is 0.243 e. The van der Waals surface area contributed by atoms with Crippen molar-refractivity contribution in [3.63, 3.8) is 0 Å². The molecule has 0 aliphatic rings. The molecule has 19 heavy (non-hydrogen) atoms. The first-order valence-corrected chi connectivity index (χ1v) is 7.60. The average Bonchev–Trinajstić information content (AvgIpc) is 2.39. The highest BCUT2D eigenvalue weighted by atomic mass is 32.2. The summed E-state index contributed by atoms with van der Waals surface area (Å²) in [6, 6.07) is 4.81. The van der Waals surface area contributed by atoms with Crippen molar-refractivity contribution in [2.24, 2.45) is 0 Å². The third-order valence-electron chi connectivity index (χ3n) is 3.03. The van der Waals surface area contributed by atoms with E-state index in [1.807, 2.05) is 6.92 Å². The Morgan fingerprint density at radius 2 is 2.05 bits per heavy atom. The molecule has 0 fully saturated rings. The monoisotopic (exact) mass is 287 g/mol. The Hall–Kier alpha value is -0.950. The predicted molar refractivity (Wildman–Crippen MR) is 73.4 cm³/mol. The first-order valence-electron chi connectivity index (χ1n) is 6.16. The second-order valence-electron chi connectivity index (χ2n) is 4.24. The van der Waals surface area contributed by atoms with Gasteiger partial charge in [0.15, 0.2) is 0 Å². The molecule has 1 rings (SSSR count). The van der Waals surface area contributed by atoms with Crippen LogP contribution in [0.25, 0.3) is 0 Å². The molecule has 5 nitrogen and oxygen atoms in total. The fourth-order valence-electron chi connectivity index (χ4n) is 1.77. The van der Waals surface area contributed by atoms with Gasteiger partial charge in [0, 0.05) is 20.2 Å². The number of sulfonamides is 1. The quantitative estimate of drug-likeness (QED) is 0.817. The minimum absolute atomic E-state index is 0.167. The van der Waals surface area contributed by atoms with Gasteiger partial charge in [-0.05, 0) is 30.2 Å². The van der Waals surface area contributed by atoms with Gasteiger partial charge in [0.1, 0.15) is 0 Å². The maximum atomic E-state index is 12.4. The highest BCUT2D eigenvalue weighted by Crippen LogP contribution is 2.19. The van der Waals surface area contributed by atoms with Gasteiger partial charge in [0.25, 0.3) is 0 Å². The van der Waals surface area contributed by atoms with Crippen LogP contribution in [0.4, 0.5) is 0 Å². The van der Waals surface area contributed by atoms with Crippen molar-refractivity contribution in [3.8, 4) is 0 Å². The van der Waals surface area contributed by atoms with Gasteiger partial charge >= 0.3 is 0 Å². The van der Waals surface area contributed by atoms with Gasteiger partial charge in [-0.3, -0.25) is 0 Å². The van der Waals surface area contributed by atoms with E-state index in [1.165, 1.54) is 17.5 Å². The average molecular weight is 287 g/mol. The van der Waals surface area contributed by atoms with Crippen molar-refractivity contribution in [1.82, 2.24) is 4.31 Å². The summed E-state index contributed by atoms with van der Waals surface area (Å²) >= 11 is 0. The number of methoxy groups -OCH3 is 1. The summed E-state index contributed by atoms with van der Waals surface area (Å²) < 4.78 is 31.2. The van der Waals surface area contributed by atoms with E-state index in [-0.39, 0.29) is 11.5 Å². The molecule has 6 heteroatoms. The topological polar surface area (TPSA) is 66.8 Å². The van der Waals surface area contributed by atoms with Crippen molar-refractivity contribution >= 4 is 10.0 Å². The lowest BCUT2D eigenvalue weighted by Crippen LogP contribution is -2.33. The van der Waals surface area contributed by atoms with Crippen LogP contribution in [0.3, 0.4) is 0 Å². The second-order valence-corrected chi connectivity index (χ2v) is 6.17. The number of nitrogens with zero attached hydrogens (tertiary/aromatic N) is 1. The van der Waals surface area contributed by atoms with Crippen LogP contribution in [0.2, 0.25) is 0 Å². The van der Waals surface area contributed by atoms with Crippen LogP contribution in [0.5, 0.6) is 0 Å². The molecule has 1 aromatic carbocycles. The SMILES string of the molecule is CCN(CCOC)S(=O)(=O)c1ccc(C)c(CO)c1. The minimum atomic E-state index is -3.53. The third kappa shape index (κ3) is 3.76. The van der Waals surface area contributed by atoms with Crippen LogP contribution in [0.15, 0.2) is 23.1 Å². The molecule has 0 saturated heterocycles. The number of hydrogen-bond acceptors (Lipinski definition) is 4. The number of benzene rings is 1. The van der Waals surface area contributed by atoms with Crippen molar-refractivity contribution < 1.29 is 18.3 Å². The van der Waals surface area contributed by atoms with Gasteiger partial charge in [-0.1, -0.05) is 13.0 Å². The Labute approximate surface area is 114 Å². The standard InChI is InChI=1S/C13H21NO4S/c1-4-14(7-8-18-3)19(16,17)13-6-5-11(2)12(9-13)10-15/h5-6,9,15H,4,7-8,10H2,1-3H3. The lowest BCUT2D eigenvalue weighted by molar-refractivity contribution is 0.180. The second kappa shape index (κ2) is 7.00. The van der Waals surface area contributed by atoms with Gasteiger partial charge in [-0.2, -0.15) is 4.31 Å². The first-order chi connectivity index (χ1) is 8.97. The summed E-state index contributed by atoms with van der Waals surface area (Å²) in [5.74, 6) is 0. The highest BCUT2D eigenvalue weighted by Gasteiger charge is 2.23. The summed E-state index contributed by atoms with van der Waals surface area (Å²) in [7, 11) is -1.99. The fraction of sp³-hybridized carbons (Fsp3) is 0.538. The first kappa shape index (κ1) is 16.1. The fourth-order valence-corrected chi connectivity index (χ4v) is 3.25. The van der Waals surface area contributed by atoms with Crippen LogP contribution < -0.4 is 0 Å². The normalized spacial score (nSPS) is 12.1. The largest absolute Gasteiger partial charge is 0.392 e. The molecule has 1 N–H and O–H groups in total. The highest BCUT2D eigenvalue weighted by molar-refractivity contribution is 7.89. The van der Waals surface area contributed by atoms with E-state index >= 15 is 0 Å². The Morgan fingerprint density at radius 1 is 1.37 bits per heavy atom. The van der Waals surface area contributed by atoms with Gasteiger partial charge in [0.05, 0.1) is 18.1 Å². The molecule has 0 heterocycles. The summed E-state index contributed by atoms with van der Waals surface area (Å²) in [6.07, 6.45) is 0. The van der Waals surface area contributed by atoms with E-state index in [0.29, 0.717) is 25.3 Å². The van der Waals surface area contributed by atoms with E-state index < -0.39 is 10.0 Å². The van der Waals surface area contributed by atoms with Gasteiger partial charge in [-0.25, -0.2) is 8.42 Å². The summed E-state index contributed by atoms with van der Waals surface area (Å²) in [5.41, 5.74) is 1.50. The van der Waals surface area contributed by atoms with Crippen molar-refractivity contribution in [1.29, 1.82) is 0 Å². The molecule has 0 unspecified atom stereocenters. The molecule has 0 spiro atoms. The van der Waals surface area contributed by atoms with Crippen LogP contribution in [-0.4, -0.2) is 44.6 Å². The van der Waals surface area contributed by atoms with Gasteiger partial charge < -0.3 is 9.84 Å². The number of rotatable bonds is 7. The van der Waals surface area contributed by atoms with E-state index in [1.54, 1.807) is 19.1 Å². The minimum Gasteiger partial charge on any atom is -0.392 e. The maximum Gasteiger partial charge on any atom is 0.243 e. The molecule has 0 aromatic heterocycles. The molecule has 0 bridgehead atoms. The van der Waals surface area contributed by atoms with Crippen LogP contribution in [-0.2, 0) is 21.4 Å². The van der Waals surface area contributed by atoms with E-state index in [2.05, 4.69) is 0 Å². The van der Waals surface area contributed by atoms with Crippen LogP contribution >= 0.6 is 0 Å². The van der Waals surface area contributed by atoms with Crippen molar-refractivity contribution in [2.75, 3.05) is 26.8 Å². The molecule has 108 valence electrons. The van der Waals surface area contributed by atoms with Crippen LogP contribution in [0.1, 0.15) is 18.1 Å². The number of ether oxygens (including phenoxy) is 1. The molecule has 0 atom stereocenters. The lowest BCUT2D eigenvalue weighted by atomic mass is 10.1. The Kier molecular flexibility index (Phi) is 5.93. The number of aryl methyl sites for hydroxylation is 1. The van der Waals surface area contributed by atoms with Gasteiger partial charge in [-0.15, -0.1) is 0 Å². The maximum absolute atomic E-state index is 12.4. The van der Waals surface area contributed by atoms with Crippen LogP contribution in [0, 0.1) is 6.92 Å². The van der Waals surface area contributed by atoms with Crippen molar-refractivity contribution in [3.05, 3.63) is 29.3 Å². The molecule has 0 aliphatic heterocycles. The van der Waals surface area contributed by atoms with E-state index in [9.17, 15) is 13.5 Å². The molecule has 0 amide bonds. The van der Waals surface area contributed by atoms with E-state index in [0.717, 1.165) is 5.56 Å². The Bertz CT molecular complexity index is 513. The number of hydrogen-bond donors (Lipinski definition) is 1. The zero-order valence-electron chi connectivity index (χ0n) is 11.6. The zero-order chi connectivity index (χ0) is 14.5. The predicted octanol–water partition coefficient (Wildman–Crippen LogP) is 1.14. The molecule has 0 saturated carbocycles. The van der Waals surface area contributed by atoms with Gasteiger partial charge in [0.2, 0.25) is 10.0 Å². The molecular formula is C13H21NO4S. The van der Waals surface area contributed by atoms with Crippen molar-refractivity contribution in [2.45, 2.75) is 25.3 Å². The van der Waals surface area contributed by atoms with E-state index in [4.69, 9.17) is 4.74 Å². The molecule has 0 radical (unpaired) electrons. The zero-order valence-corrected chi connectivity index (χ0v) is 12.4. The number of likely N-dealkylation sites (N-methyl/N-ethyl adjacent to an activating group) is 1. The molecular weight excluding hydrogens is 266 g/mol. The molecule has 0 aliphatic carbocycles. The Morgan fingerprint density at radius 3 is 2.58 bits per heavy atom. The lowest BCUT2D eigenvalue weighted by Gasteiger charge is -2.20. The summed E-state index contributed by atoms with van der Waals surface area (Å²) in [6.45, 7) is 4.51. The molecule has 1 aromatic rings. The number of aliphatic hydroxyl groups is 1. The summed E-state index contributed by atoms with van der Waals surface area (Å²) in [4.78, 5) is 0.208. The summed E-state index contributed by atoms with van der Waals surface area (Å²) in [5, 5.41) is 9.22. The number of aliphatic hydroxyl groups excluding tert-OH is 1. The third-order valence-corrected chi connectivity index (χ3v) is 5.00. The Balaban J connectivity index is 3.11.